The molecule has 2 aromatic rings. The predicted octanol–water partition coefficient (Wildman–Crippen LogP) is 4.88. The van der Waals surface area contributed by atoms with Gasteiger partial charge in [0.2, 0.25) is 0 Å². The number of carbonyl (C=O) groups excluding carboxylic acids is 1. The molecule has 1 N–H and O–H groups in total. The summed E-state index contributed by atoms with van der Waals surface area (Å²) in [7, 11) is 0. The molecule has 0 aliphatic rings. The summed E-state index contributed by atoms with van der Waals surface area (Å²) in [5.74, 6) is -0.579. The van der Waals surface area contributed by atoms with Crippen molar-refractivity contribution in [2.75, 3.05) is 11.9 Å². The van der Waals surface area contributed by atoms with Gasteiger partial charge in [0.25, 0.3) is 5.91 Å². The monoisotopic (exact) mass is 388 g/mol. The maximum absolute atomic E-state index is 12.0. The number of hydrogen-bond donors (Lipinski definition) is 1. The quantitative estimate of drug-likeness (QED) is 0.583. The summed E-state index contributed by atoms with van der Waals surface area (Å²) in [4.78, 5) is 22.4. The molecule has 24 heavy (non-hydrogen) atoms. The fourth-order valence-electron chi connectivity index (χ4n) is 1.87. The molecule has 2 rings (SSSR count). The van der Waals surface area contributed by atoms with E-state index < -0.39 is 17.4 Å². The highest BCUT2D eigenvalue weighted by atomic mass is 35.5. The van der Waals surface area contributed by atoms with Crippen LogP contribution in [0.4, 0.5) is 11.4 Å². The Kier molecular flexibility index (Phi) is 5.88. The molecule has 0 aromatic heterocycles. The number of nitrogens with zero attached hydrogens (tertiary/aromatic N) is 1. The number of carbonyl (C=O) groups is 1. The Bertz CT molecular complexity index is 788. The summed E-state index contributed by atoms with van der Waals surface area (Å²) >= 11 is 17.7. The Labute approximate surface area is 152 Å². The van der Waals surface area contributed by atoms with Crippen molar-refractivity contribution in [3.63, 3.8) is 0 Å². The first-order valence-corrected chi connectivity index (χ1v) is 7.73. The second kappa shape index (κ2) is 7.70. The van der Waals surface area contributed by atoms with Gasteiger partial charge in [-0.1, -0.05) is 40.9 Å². The van der Waals surface area contributed by atoms with E-state index in [0.717, 1.165) is 0 Å². The molecule has 0 unspecified atom stereocenters. The molecule has 2 aromatic carbocycles. The van der Waals surface area contributed by atoms with Crippen molar-refractivity contribution in [1.29, 1.82) is 0 Å². The van der Waals surface area contributed by atoms with Crippen LogP contribution in [-0.2, 0) is 4.79 Å². The molecule has 0 spiro atoms. The zero-order valence-corrected chi connectivity index (χ0v) is 14.6. The van der Waals surface area contributed by atoms with Gasteiger partial charge in [-0.15, -0.1) is 0 Å². The maximum Gasteiger partial charge on any atom is 0.311 e. The molecule has 0 fully saturated rings. The van der Waals surface area contributed by atoms with Crippen molar-refractivity contribution < 1.29 is 14.5 Å². The molecule has 6 nitrogen and oxygen atoms in total. The van der Waals surface area contributed by atoms with E-state index >= 15 is 0 Å². The molecule has 0 aliphatic heterocycles. The summed E-state index contributed by atoms with van der Waals surface area (Å²) in [5, 5.41) is 14.2. The highest BCUT2D eigenvalue weighted by Gasteiger charge is 2.17. The zero-order chi connectivity index (χ0) is 17.9. The van der Waals surface area contributed by atoms with Gasteiger partial charge in [-0.25, -0.2) is 0 Å². The van der Waals surface area contributed by atoms with E-state index in [1.54, 1.807) is 13.0 Å². The minimum atomic E-state index is -0.576. The van der Waals surface area contributed by atoms with Gasteiger partial charge in [0.15, 0.2) is 12.4 Å². The topological polar surface area (TPSA) is 81.5 Å². The molecule has 1 amide bonds. The lowest BCUT2D eigenvalue weighted by atomic mass is 10.2. The number of halogens is 3. The average molecular weight is 390 g/mol. The lowest BCUT2D eigenvalue weighted by molar-refractivity contribution is -0.385. The Morgan fingerprint density at radius 3 is 2.42 bits per heavy atom. The molecule has 9 heteroatoms. The number of anilines is 1. The molecule has 126 valence electrons. The van der Waals surface area contributed by atoms with Gasteiger partial charge in [-0.3, -0.25) is 14.9 Å². The predicted molar refractivity (Wildman–Crippen MR) is 93.4 cm³/mol. The molecule has 0 heterocycles. The molecular weight excluding hydrogens is 379 g/mol. The molecule has 0 saturated heterocycles. The van der Waals surface area contributed by atoms with Crippen molar-refractivity contribution in [2.45, 2.75) is 6.92 Å². The van der Waals surface area contributed by atoms with E-state index in [0.29, 0.717) is 10.6 Å². The van der Waals surface area contributed by atoms with Gasteiger partial charge in [0, 0.05) is 11.1 Å². The van der Waals surface area contributed by atoms with Crippen LogP contribution in [0.15, 0.2) is 30.3 Å². The lowest BCUT2D eigenvalue weighted by Crippen LogP contribution is -2.21. The van der Waals surface area contributed by atoms with Crippen molar-refractivity contribution in [3.05, 3.63) is 61.1 Å². The van der Waals surface area contributed by atoms with Crippen molar-refractivity contribution in [2.24, 2.45) is 0 Å². The number of amides is 1. The first kappa shape index (κ1) is 18.3. The fourth-order valence-corrected chi connectivity index (χ4v) is 2.78. The van der Waals surface area contributed by atoms with Crippen molar-refractivity contribution in [3.8, 4) is 5.75 Å². The number of nitrogens with one attached hydrogen (secondary N) is 1. The SMILES string of the molecule is Cc1ccc(OCC(=O)Nc2c(Cl)cc(Cl)cc2Cl)c([N+](=O)[O-])c1. The fraction of sp³-hybridized carbons (Fsp3) is 0.133. The Morgan fingerprint density at radius 2 is 1.83 bits per heavy atom. The standard InChI is InChI=1S/C15H11Cl3N2O4/c1-8-2-3-13(12(4-8)20(22)23)24-7-14(21)19-15-10(17)5-9(16)6-11(15)18/h2-6H,7H2,1H3,(H,19,21). The van der Waals surface area contributed by atoms with Gasteiger partial charge < -0.3 is 10.1 Å². The highest BCUT2D eigenvalue weighted by molar-refractivity contribution is 6.42. The average Bonchev–Trinajstić information content (AvgIpc) is 2.49. The summed E-state index contributed by atoms with van der Waals surface area (Å²) in [6, 6.07) is 7.29. The molecule has 0 atom stereocenters. The van der Waals surface area contributed by atoms with E-state index in [2.05, 4.69) is 5.32 Å². The number of benzene rings is 2. The molecular formula is C15H11Cl3N2O4. The van der Waals surface area contributed by atoms with Crippen LogP contribution in [0.5, 0.6) is 5.75 Å². The van der Waals surface area contributed by atoms with Crippen LogP contribution in [0.2, 0.25) is 15.1 Å². The second-order valence-electron chi connectivity index (χ2n) is 4.81. The van der Waals surface area contributed by atoms with Crippen LogP contribution in [0, 0.1) is 17.0 Å². The summed E-state index contributed by atoms with van der Waals surface area (Å²) in [5.41, 5.74) is 0.679. The van der Waals surface area contributed by atoms with E-state index in [4.69, 9.17) is 39.5 Å². The Balaban J connectivity index is 2.09. The minimum Gasteiger partial charge on any atom is -0.477 e. The number of aryl methyl sites for hydroxylation is 1. The number of ether oxygens (including phenoxy) is 1. The Hall–Kier alpha value is -2.02. The zero-order valence-electron chi connectivity index (χ0n) is 12.3. The van der Waals surface area contributed by atoms with Gasteiger partial charge in [0.05, 0.1) is 20.7 Å². The lowest BCUT2D eigenvalue weighted by Gasteiger charge is -2.11. The summed E-state index contributed by atoms with van der Waals surface area (Å²) in [6.45, 7) is 1.27. The van der Waals surface area contributed by atoms with Crippen LogP contribution in [0.1, 0.15) is 5.56 Å². The number of hydrogen-bond acceptors (Lipinski definition) is 4. The first-order valence-electron chi connectivity index (χ1n) is 6.60. The van der Waals surface area contributed by atoms with Crippen LogP contribution in [0.3, 0.4) is 0 Å². The molecule has 0 aliphatic carbocycles. The van der Waals surface area contributed by atoms with Crippen LogP contribution in [-0.4, -0.2) is 17.4 Å². The van der Waals surface area contributed by atoms with Crippen LogP contribution in [0.25, 0.3) is 0 Å². The van der Waals surface area contributed by atoms with Gasteiger partial charge >= 0.3 is 5.69 Å². The summed E-state index contributed by atoms with van der Waals surface area (Å²) < 4.78 is 5.22. The number of nitro benzene ring substituents is 1. The minimum absolute atomic E-state index is 0.00551. The van der Waals surface area contributed by atoms with Crippen molar-refractivity contribution >= 4 is 52.1 Å². The van der Waals surface area contributed by atoms with Crippen molar-refractivity contribution in [1.82, 2.24) is 0 Å². The molecule has 0 radical (unpaired) electrons. The van der Waals surface area contributed by atoms with E-state index in [9.17, 15) is 14.9 Å². The molecule has 0 bridgehead atoms. The van der Waals surface area contributed by atoms with E-state index in [1.807, 2.05) is 0 Å². The third-order valence-corrected chi connectivity index (χ3v) is 3.76. The van der Waals surface area contributed by atoms with E-state index in [1.165, 1.54) is 24.3 Å². The normalized spacial score (nSPS) is 10.3. The third kappa shape index (κ3) is 4.50. The first-order chi connectivity index (χ1) is 11.3. The largest absolute Gasteiger partial charge is 0.477 e. The smallest absolute Gasteiger partial charge is 0.311 e. The number of nitro groups is 1. The Morgan fingerprint density at radius 1 is 1.21 bits per heavy atom. The van der Waals surface area contributed by atoms with Gasteiger partial charge in [0.1, 0.15) is 0 Å². The van der Waals surface area contributed by atoms with Gasteiger partial charge in [-0.2, -0.15) is 0 Å². The van der Waals surface area contributed by atoms with Crippen LogP contribution >= 0.6 is 34.8 Å². The van der Waals surface area contributed by atoms with E-state index in [-0.39, 0.29) is 27.2 Å². The second-order valence-corrected chi connectivity index (χ2v) is 6.06. The van der Waals surface area contributed by atoms with Gasteiger partial charge in [-0.05, 0) is 30.7 Å². The number of rotatable bonds is 5. The van der Waals surface area contributed by atoms with Crippen LogP contribution < -0.4 is 10.1 Å². The highest BCUT2D eigenvalue weighted by Crippen LogP contribution is 2.33. The molecule has 0 saturated carbocycles. The summed E-state index contributed by atoms with van der Waals surface area (Å²) in [6.07, 6.45) is 0. The third-order valence-electron chi connectivity index (χ3n) is 2.94. The maximum atomic E-state index is 12.0.